The van der Waals surface area contributed by atoms with Crippen molar-refractivity contribution in [1.29, 1.82) is 0 Å². The lowest BCUT2D eigenvalue weighted by atomic mass is 10.3. The Labute approximate surface area is 88.1 Å². The lowest BCUT2D eigenvalue weighted by molar-refractivity contribution is 0.159. The average molecular weight is 210 g/mol. The lowest BCUT2D eigenvalue weighted by Gasteiger charge is -2.04. The molecule has 0 radical (unpaired) electrons. The Kier molecular flexibility index (Phi) is 5.07. The standard InChI is InChI=1S/C9H14N4O2/c1-2-3-4-5-15-9(14)13-8-11-6-10-7-12-8/h6-7H,2-5H2,1H3,(H,10,11,12,13,14). The van der Waals surface area contributed by atoms with E-state index in [0.717, 1.165) is 19.3 Å². The summed E-state index contributed by atoms with van der Waals surface area (Å²) >= 11 is 0. The Bertz CT molecular complexity index is 291. The van der Waals surface area contributed by atoms with Gasteiger partial charge >= 0.3 is 6.09 Å². The molecule has 1 N–H and O–H groups in total. The molecule has 0 saturated carbocycles. The van der Waals surface area contributed by atoms with Gasteiger partial charge in [-0.2, -0.15) is 0 Å². The number of rotatable bonds is 5. The summed E-state index contributed by atoms with van der Waals surface area (Å²) in [6.07, 6.45) is 5.11. The monoisotopic (exact) mass is 210 g/mol. The third-order valence-corrected chi connectivity index (χ3v) is 1.69. The molecule has 82 valence electrons. The zero-order valence-corrected chi connectivity index (χ0v) is 8.64. The van der Waals surface area contributed by atoms with Gasteiger partial charge in [0.15, 0.2) is 0 Å². The number of nitrogens with one attached hydrogen (secondary N) is 1. The van der Waals surface area contributed by atoms with Crippen molar-refractivity contribution < 1.29 is 9.53 Å². The molecule has 15 heavy (non-hydrogen) atoms. The number of ether oxygens (including phenoxy) is 1. The van der Waals surface area contributed by atoms with Crippen molar-refractivity contribution in [2.24, 2.45) is 0 Å². The van der Waals surface area contributed by atoms with Gasteiger partial charge in [0.25, 0.3) is 0 Å². The van der Waals surface area contributed by atoms with Crippen LogP contribution >= 0.6 is 0 Å². The number of nitrogens with zero attached hydrogens (tertiary/aromatic N) is 3. The number of hydrogen-bond acceptors (Lipinski definition) is 5. The van der Waals surface area contributed by atoms with Gasteiger partial charge in [0.2, 0.25) is 5.95 Å². The second kappa shape index (κ2) is 6.69. The highest BCUT2D eigenvalue weighted by Gasteiger charge is 2.03. The molecule has 1 aromatic rings. The van der Waals surface area contributed by atoms with E-state index in [2.05, 4.69) is 27.2 Å². The molecule has 0 saturated heterocycles. The number of hydrogen-bond donors (Lipinski definition) is 1. The first kappa shape index (κ1) is 11.4. The molecular weight excluding hydrogens is 196 g/mol. The third kappa shape index (κ3) is 4.90. The van der Waals surface area contributed by atoms with Crippen LogP contribution in [0.25, 0.3) is 0 Å². The number of unbranched alkanes of at least 4 members (excludes halogenated alkanes) is 2. The fourth-order valence-corrected chi connectivity index (χ4v) is 0.948. The van der Waals surface area contributed by atoms with Crippen LogP contribution in [0.3, 0.4) is 0 Å². The first-order valence-corrected chi connectivity index (χ1v) is 4.88. The van der Waals surface area contributed by atoms with E-state index in [-0.39, 0.29) is 5.95 Å². The summed E-state index contributed by atoms with van der Waals surface area (Å²) < 4.78 is 4.90. The van der Waals surface area contributed by atoms with Crippen LogP contribution in [0.5, 0.6) is 0 Å². The number of amides is 1. The van der Waals surface area contributed by atoms with E-state index in [1.807, 2.05) is 0 Å². The molecule has 1 aromatic heterocycles. The summed E-state index contributed by atoms with van der Waals surface area (Å²) in [6, 6.07) is 0. The van der Waals surface area contributed by atoms with Crippen LogP contribution in [0.1, 0.15) is 26.2 Å². The molecule has 6 heteroatoms. The summed E-state index contributed by atoms with van der Waals surface area (Å²) in [4.78, 5) is 22.2. The van der Waals surface area contributed by atoms with Crippen LogP contribution in [0.2, 0.25) is 0 Å². The molecule has 0 aliphatic rings. The molecule has 0 aliphatic heterocycles. The van der Waals surface area contributed by atoms with Gasteiger partial charge < -0.3 is 4.74 Å². The first-order valence-electron chi connectivity index (χ1n) is 4.88. The van der Waals surface area contributed by atoms with Gasteiger partial charge in [-0.1, -0.05) is 19.8 Å². The molecule has 0 unspecified atom stereocenters. The highest BCUT2D eigenvalue weighted by Crippen LogP contribution is 1.97. The summed E-state index contributed by atoms with van der Waals surface area (Å²) in [6.45, 7) is 2.51. The van der Waals surface area contributed by atoms with E-state index in [4.69, 9.17) is 4.74 Å². The summed E-state index contributed by atoms with van der Waals surface area (Å²) in [5.74, 6) is 0.200. The summed E-state index contributed by atoms with van der Waals surface area (Å²) in [5, 5.41) is 2.40. The smallest absolute Gasteiger partial charge is 0.414 e. The van der Waals surface area contributed by atoms with Crippen molar-refractivity contribution in [2.45, 2.75) is 26.2 Å². The normalized spacial score (nSPS) is 9.67. The first-order chi connectivity index (χ1) is 7.33. The van der Waals surface area contributed by atoms with E-state index < -0.39 is 6.09 Å². The zero-order valence-electron chi connectivity index (χ0n) is 8.64. The number of anilines is 1. The second-order valence-electron chi connectivity index (χ2n) is 2.93. The van der Waals surface area contributed by atoms with E-state index >= 15 is 0 Å². The molecule has 0 bridgehead atoms. The van der Waals surface area contributed by atoms with Crippen LogP contribution in [0.4, 0.5) is 10.7 Å². The van der Waals surface area contributed by atoms with Crippen LogP contribution in [-0.4, -0.2) is 27.7 Å². The third-order valence-electron chi connectivity index (χ3n) is 1.69. The molecule has 0 fully saturated rings. The zero-order chi connectivity index (χ0) is 10.9. The molecule has 1 rings (SSSR count). The Morgan fingerprint density at radius 2 is 2.13 bits per heavy atom. The Hall–Kier alpha value is -1.72. The fraction of sp³-hybridized carbons (Fsp3) is 0.556. The number of carbonyl (C=O) groups excluding carboxylic acids is 1. The molecule has 0 spiro atoms. The van der Waals surface area contributed by atoms with Crippen molar-refractivity contribution in [3.63, 3.8) is 0 Å². The van der Waals surface area contributed by atoms with Crippen molar-refractivity contribution in [2.75, 3.05) is 11.9 Å². The highest BCUT2D eigenvalue weighted by atomic mass is 16.5. The minimum atomic E-state index is -0.530. The lowest BCUT2D eigenvalue weighted by Crippen LogP contribution is -2.16. The van der Waals surface area contributed by atoms with Crippen LogP contribution in [0, 0.1) is 0 Å². The van der Waals surface area contributed by atoms with E-state index in [9.17, 15) is 4.79 Å². The van der Waals surface area contributed by atoms with Gasteiger partial charge in [0.1, 0.15) is 12.7 Å². The number of carbonyl (C=O) groups is 1. The molecule has 0 aromatic carbocycles. The minimum Gasteiger partial charge on any atom is -0.449 e. The van der Waals surface area contributed by atoms with Crippen molar-refractivity contribution in [1.82, 2.24) is 15.0 Å². The van der Waals surface area contributed by atoms with Gasteiger partial charge in [-0.15, -0.1) is 0 Å². The van der Waals surface area contributed by atoms with Gasteiger partial charge in [-0.25, -0.2) is 19.7 Å². The molecule has 6 nitrogen and oxygen atoms in total. The van der Waals surface area contributed by atoms with E-state index in [1.165, 1.54) is 12.7 Å². The molecule has 0 aliphatic carbocycles. The average Bonchev–Trinajstić information content (AvgIpc) is 2.26. The minimum absolute atomic E-state index is 0.200. The second-order valence-corrected chi connectivity index (χ2v) is 2.93. The van der Waals surface area contributed by atoms with Crippen LogP contribution in [-0.2, 0) is 4.74 Å². The fourth-order valence-electron chi connectivity index (χ4n) is 0.948. The molecular formula is C9H14N4O2. The van der Waals surface area contributed by atoms with Gasteiger partial charge in [0, 0.05) is 0 Å². The van der Waals surface area contributed by atoms with Crippen LogP contribution < -0.4 is 5.32 Å². The van der Waals surface area contributed by atoms with E-state index in [0.29, 0.717) is 6.61 Å². The van der Waals surface area contributed by atoms with Crippen molar-refractivity contribution in [3.8, 4) is 0 Å². The van der Waals surface area contributed by atoms with Gasteiger partial charge in [-0.3, -0.25) is 5.32 Å². The maximum atomic E-state index is 11.1. The molecule has 0 atom stereocenters. The quantitative estimate of drug-likeness (QED) is 0.747. The SMILES string of the molecule is CCCCCOC(=O)Nc1ncncn1. The Morgan fingerprint density at radius 3 is 2.80 bits per heavy atom. The topological polar surface area (TPSA) is 77.0 Å². The summed E-state index contributed by atoms with van der Waals surface area (Å²) in [7, 11) is 0. The van der Waals surface area contributed by atoms with Crippen molar-refractivity contribution in [3.05, 3.63) is 12.7 Å². The summed E-state index contributed by atoms with van der Waals surface area (Å²) in [5.41, 5.74) is 0. The molecule has 1 heterocycles. The molecule has 1 amide bonds. The Morgan fingerprint density at radius 1 is 1.40 bits per heavy atom. The Balaban J connectivity index is 2.19. The van der Waals surface area contributed by atoms with E-state index in [1.54, 1.807) is 0 Å². The maximum Gasteiger partial charge on any atom is 0.414 e. The largest absolute Gasteiger partial charge is 0.449 e. The van der Waals surface area contributed by atoms with Crippen molar-refractivity contribution >= 4 is 12.0 Å². The van der Waals surface area contributed by atoms with Gasteiger partial charge in [-0.05, 0) is 6.42 Å². The maximum absolute atomic E-state index is 11.1. The predicted molar refractivity (Wildman–Crippen MR) is 54.3 cm³/mol. The predicted octanol–water partition coefficient (Wildman–Crippen LogP) is 1.61. The van der Waals surface area contributed by atoms with Gasteiger partial charge in [0.05, 0.1) is 6.61 Å². The highest BCUT2D eigenvalue weighted by molar-refractivity contribution is 5.81. The van der Waals surface area contributed by atoms with Crippen LogP contribution in [0.15, 0.2) is 12.7 Å². The number of aromatic nitrogens is 3.